The van der Waals surface area contributed by atoms with Crippen molar-refractivity contribution >= 4 is 35.0 Å². The van der Waals surface area contributed by atoms with E-state index >= 15 is 0 Å². The van der Waals surface area contributed by atoms with Crippen LogP contribution in [0.4, 0.5) is 0 Å². The van der Waals surface area contributed by atoms with E-state index in [0.29, 0.717) is 23.1 Å². The van der Waals surface area contributed by atoms with Gasteiger partial charge in [-0.2, -0.15) is 0 Å². The number of nitrogens with one attached hydrogen (secondary N) is 1. The Balaban J connectivity index is 2.22. The zero-order valence-corrected chi connectivity index (χ0v) is 18.4. The van der Waals surface area contributed by atoms with Gasteiger partial charge in [0, 0.05) is 13.1 Å². The summed E-state index contributed by atoms with van der Waals surface area (Å²) >= 11 is 12.0. The Labute approximate surface area is 181 Å². The molecule has 0 saturated heterocycles. The maximum absolute atomic E-state index is 13.1. The maximum Gasteiger partial charge on any atom is 0.242 e. The van der Waals surface area contributed by atoms with Crippen LogP contribution >= 0.6 is 23.2 Å². The second kappa shape index (κ2) is 11.1. The summed E-state index contributed by atoms with van der Waals surface area (Å²) in [6.07, 6.45) is 0.951. The van der Waals surface area contributed by atoms with Crippen LogP contribution in [-0.2, 0) is 22.6 Å². The highest BCUT2D eigenvalue weighted by molar-refractivity contribution is 6.42. The lowest BCUT2D eigenvalue weighted by molar-refractivity contribution is -0.140. The van der Waals surface area contributed by atoms with Gasteiger partial charge in [0.05, 0.1) is 23.6 Å². The molecule has 2 aromatic carbocycles. The van der Waals surface area contributed by atoms with Crippen LogP contribution in [0.3, 0.4) is 0 Å². The molecule has 0 aromatic heterocycles. The number of carbonyl (C=O) groups is 2. The molecule has 2 amide bonds. The fourth-order valence-corrected chi connectivity index (χ4v) is 3.15. The Morgan fingerprint density at radius 1 is 1.07 bits per heavy atom. The summed E-state index contributed by atoms with van der Waals surface area (Å²) in [5.41, 5.74) is 1.65. The number of hydrogen-bond donors (Lipinski definition) is 1. The van der Waals surface area contributed by atoms with Gasteiger partial charge in [-0.1, -0.05) is 48.3 Å². The van der Waals surface area contributed by atoms with Gasteiger partial charge in [0.25, 0.3) is 0 Å². The zero-order chi connectivity index (χ0) is 21.4. The third-order valence-electron chi connectivity index (χ3n) is 4.57. The van der Waals surface area contributed by atoms with Gasteiger partial charge in [-0.15, -0.1) is 0 Å². The Kier molecular flexibility index (Phi) is 8.80. The fraction of sp³-hybridized carbons (Fsp3) is 0.364. The number of amides is 2. The monoisotopic (exact) mass is 436 g/mol. The minimum atomic E-state index is -0.612. The molecule has 2 aromatic rings. The van der Waals surface area contributed by atoms with Crippen molar-refractivity contribution in [2.45, 2.75) is 39.3 Å². The van der Waals surface area contributed by atoms with Crippen molar-refractivity contribution in [3.8, 4) is 5.75 Å². The molecule has 0 bridgehead atoms. The molecule has 5 nitrogen and oxygen atoms in total. The van der Waals surface area contributed by atoms with Gasteiger partial charge in [0.1, 0.15) is 11.8 Å². The second-order valence-corrected chi connectivity index (χ2v) is 7.58. The number of methoxy groups -OCH3 is 1. The van der Waals surface area contributed by atoms with Crippen LogP contribution in [0.1, 0.15) is 31.4 Å². The Bertz CT molecular complexity index is 840. The lowest BCUT2D eigenvalue weighted by Gasteiger charge is -2.29. The number of carbonyl (C=O) groups excluding carboxylic acids is 2. The van der Waals surface area contributed by atoms with Crippen molar-refractivity contribution in [1.82, 2.24) is 10.2 Å². The average molecular weight is 437 g/mol. The number of rotatable bonds is 9. The molecule has 7 heteroatoms. The van der Waals surface area contributed by atoms with Crippen molar-refractivity contribution in [3.63, 3.8) is 0 Å². The highest BCUT2D eigenvalue weighted by Gasteiger charge is 2.26. The number of hydrogen-bond acceptors (Lipinski definition) is 3. The second-order valence-electron chi connectivity index (χ2n) is 6.76. The standard InChI is InChI=1S/C22H26Cl2N2O3/c1-4-11-25-22(28)15(2)26(14-16-5-8-18(29-3)9-6-16)21(27)13-17-7-10-19(23)20(24)12-17/h5-10,12,15H,4,11,13-14H2,1-3H3,(H,25,28)/t15-/m1/s1. The number of nitrogens with zero attached hydrogens (tertiary/aromatic N) is 1. The summed E-state index contributed by atoms with van der Waals surface area (Å²) in [7, 11) is 1.60. The molecular weight excluding hydrogens is 411 g/mol. The van der Waals surface area contributed by atoms with E-state index in [1.54, 1.807) is 37.1 Å². The van der Waals surface area contributed by atoms with E-state index in [9.17, 15) is 9.59 Å². The first kappa shape index (κ1) is 23.0. The summed E-state index contributed by atoms with van der Waals surface area (Å²) in [6, 6.07) is 11.9. The molecule has 0 heterocycles. The number of halogens is 2. The van der Waals surface area contributed by atoms with Crippen molar-refractivity contribution in [2.24, 2.45) is 0 Å². The van der Waals surface area contributed by atoms with Crippen LogP contribution in [0.25, 0.3) is 0 Å². The van der Waals surface area contributed by atoms with E-state index in [1.165, 1.54) is 0 Å². The first-order valence-corrected chi connectivity index (χ1v) is 10.2. The normalized spacial score (nSPS) is 11.6. The summed E-state index contributed by atoms with van der Waals surface area (Å²) in [6.45, 7) is 4.60. The summed E-state index contributed by atoms with van der Waals surface area (Å²) in [5.74, 6) is 0.386. The molecular formula is C22H26Cl2N2O3. The molecule has 156 valence electrons. The first-order valence-electron chi connectivity index (χ1n) is 9.49. The van der Waals surface area contributed by atoms with Gasteiger partial charge >= 0.3 is 0 Å². The van der Waals surface area contributed by atoms with Crippen LogP contribution in [-0.4, -0.2) is 36.4 Å². The summed E-state index contributed by atoms with van der Waals surface area (Å²) in [5, 5.41) is 3.69. The van der Waals surface area contributed by atoms with Gasteiger partial charge in [-0.05, 0) is 48.7 Å². The predicted molar refractivity (Wildman–Crippen MR) is 116 cm³/mol. The van der Waals surface area contributed by atoms with E-state index in [0.717, 1.165) is 23.3 Å². The molecule has 0 spiro atoms. The Hall–Kier alpha value is -2.24. The van der Waals surface area contributed by atoms with Gasteiger partial charge in [-0.25, -0.2) is 0 Å². The van der Waals surface area contributed by atoms with Crippen molar-refractivity contribution < 1.29 is 14.3 Å². The van der Waals surface area contributed by atoms with Crippen LogP contribution < -0.4 is 10.1 Å². The molecule has 0 saturated carbocycles. The van der Waals surface area contributed by atoms with Gasteiger partial charge in [-0.3, -0.25) is 9.59 Å². The Morgan fingerprint density at radius 3 is 2.31 bits per heavy atom. The van der Waals surface area contributed by atoms with E-state index < -0.39 is 6.04 Å². The highest BCUT2D eigenvalue weighted by atomic mass is 35.5. The van der Waals surface area contributed by atoms with Crippen LogP contribution in [0.15, 0.2) is 42.5 Å². The van der Waals surface area contributed by atoms with Gasteiger partial charge in [0.15, 0.2) is 0 Å². The molecule has 29 heavy (non-hydrogen) atoms. The maximum atomic E-state index is 13.1. The Morgan fingerprint density at radius 2 is 1.72 bits per heavy atom. The van der Waals surface area contributed by atoms with Gasteiger partial charge in [0.2, 0.25) is 11.8 Å². The third kappa shape index (κ3) is 6.65. The third-order valence-corrected chi connectivity index (χ3v) is 5.31. The van der Waals surface area contributed by atoms with E-state index in [2.05, 4.69) is 5.32 Å². The fourth-order valence-electron chi connectivity index (χ4n) is 2.83. The molecule has 0 unspecified atom stereocenters. The highest BCUT2D eigenvalue weighted by Crippen LogP contribution is 2.23. The topological polar surface area (TPSA) is 58.6 Å². The lowest BCUT2D eigenvalue weighted by atomic mass is 10.1. The lowest BCUT2D eigenvalue weighted by Crippen LogP contribution is -2.48. The molecule has 0 aliphatic heterocycles. The van der Waals surface area contributed by atoms with E-state index in [4.69, 9.17) is 27.9 Å². The molecule has 1 N–H and O–H groups in total. The quantitative estimate of drug-likeness (QED) is 0.629. The number of benzene rings is 2. The summed E-state index contributed by atoms with van der Waals surface area (Å²) < 4.78 is 5.18. The van der Waals surface area contributed by atoms with Crippen LogP contribution in [0.2, 0.25) is 10.0 Å². The molecule has 0 aliphatic carbocycles. The zero-order valence-electron chi connectivity index (χ0n) is 16.9. The van der Waals surface area contributed by atoms with Crippen LogP contribution in [0.5, 0.6) is 5.75 Å². The molecule has 0 fully saturated rings. The summed E-state index contributed by atoms with van der Waals surface area (Å²) in [4.78, 5) is 27.2. The van der Waals surface area contributed by atoms with Crippen molar-refractivity contribution in [1.29, 1.82) is 0 Å². The largest absolute Gasteiger partial charge is 0.497 e. The minimum absolute atomic E-state index is 0.123. The predicted octanol–water partition coefficient (Wildman–Crippen LogP) is 4.49. The number of ether oxygens (including phenoxy) is 1. The van der Waals surface area contributed by atoms with Crippen molar-refractivity contribution in [2.75, 3.05) is 13.7 Å². The average Bonchev–Trinajstić information content (AvgIpc) is 2.72. The minimum Gasteiger partial charge on any atom is -0.497 e. The van der Waals surface area contributed by atoms with Crippen molar-refractivity contribution in [3.05, 3.63) is 63.6 Å². The smallest absolute Gasteiger partial charge is 0.242 e. The first-order chi connectivity index (χ1) is 13.8. The molecule has 1 atom stereocenters. The molecule has 0 aliphatic rings. The van der Waals surface area contributed by atoms with Gasteiger partial charge < -0.3 is 15.0 Å². The van der Waals surface area contributed by atoms with E-state index in [-0.39, 0.29) is 18.2 Å². The van der Waals surface area contributed by atoms with E-state index in [1.807, 2.05) is 31.2 Å². The molecule has 2 rings (SSSR count). The SMILES string of the molecule is CCCNC(=O)[C@@H](C)N(Cc1ccc(OC)cc1)C(=O)Cc1ccc(Cl)c(Cl)c1. The van der Waals surface area contributed by atoms with Crippen LogP contribution in [0, 0.1) is 0 Å². The molecule has 0 radical (unpaired) electrons.